The highest BCUT2D eigenvalue weighted by molar-refractivity contribution is 5.88. The van der Waals surface area contributed by atoms with Crippen LogP contribution in [0.5, 0.6) is 0 Å². The second-order valence-electron chi connectivity index (χ2n) is 5.43. The van der Waals surface area contributed by atoms with Gasteiger partial charge in [0.15, 0.2) is 0 Å². The summed E-state index contributed by atoms with van der Waals surface area (Å²) in [5.41, 5.74) is -0.487. The van der Waals surface area contributed by atoms with E-state index < -0.39 is 22.0 Å². The van der Waals surface area contributed by atoms with Crippen molar-refractivity contribution >= 4 is 28.4 Å². The van der Waals surface area contributed by atoms with Gasteiger partial charge in [-0.1, -0.05) is 0 Å². The fourth-order valence-corrected chi connectivity index (χ4v) is 2.45. The van der Waals surface area contributed by atoms with Crippen molar-refractivity contribution in [2.75, 3.05) is 5.32 Å². The quantitative estimate of drug-likeness (QED) is 0.306. The maximum absolute atomic E-state index is 11.6. The molecule has 0 aliphatic carbocycles. The van der Waals surface area contributed by atoms with Gasteiger partial charge in [0.2, 0.25) is 0 Å². The minimum Gasteiger partial charge on any atom is -0.478 e. The topological polar surface area (TPSA) is 158 Å². The molecular weight excluding hydrogens is 344 g/mol. The molecule has 0 aliphatic heterocycles. The number of nitrogens with zero attached hydrogens (tertiary/aromatic N) is 1. The number of aromatic amines is 2. The van der Waals surface area contributed by atoms with Gasteiger partial charge in [-0.15, -0.1) is 0 Å². The predicted octanol–water partition coefficient (Wildman–Crippen LogP) is 1.43. The van der Waals surface area contributed by atoms with Crippen molar-refractivity contribution in [3.05, 3.63) is 78.3 Å². The second kappa shape index (κ2) is 6.51. The summed E-state index contributed by atoms with van der Waals surface area (Å²) >= 11 is 0. The van der Waals surface area contributed by atoms with Gasteiger partial charge >= 0.3 is 17.1 Å². The van der Waals surface area contributed by atoms with Gasteiger partial charge in [-0.25, -0.2) is 4.79 Å². The maximum Gasteiger partial charge on any atom is 0.335 e. The van der Waals surface area contributed by atoms with Crippen LogP contribution in [-0.4, -0.2) is 26.0 Å². The van der Waals surface area contributed by atoms with Crippen molar-refractivity contribution in [1.82, 2.24) is 9.97 Å². The lowest BCUT2D eigenvalue weighted by Gasteiger charge is -2.09. The minimum absolute atomic E-state index is 0.104. The molecule has 26 heavy (non-hydrogen) atoms. The van der Waals surface area contributed by atoms with Gasteiger partial charge < -0.3 is 20.4 Å². The average Bonchev–Trinajstić information content (AvgIpc) is 2.61. The molecule has 1 aromatic heterocycles. The van der Waals surface area contributed by atoms with Crippen molar-refractivity contribution < 1.29 is 14.8 Å². The number of carbonyl (C=O) groups is 1. The van der Waals surface area contributed by atoms with Crippen LogP contribution in [-0.2, 0) is 6.54 Å². The van der Waals surface area contributed by atoms with Crippen LogP contribution in [0.3, 0.4) is 0 Å². The molecule has 0 radical (unpaired) electrons. The van der Waals surface area contributed by atoms with E-state index in [-0.39, 0.29) is 28.8 Å². The van der Waals surface area contributed by atoms with Crippen LogP contribution >= 0.6 is 0 Å². The van der Waals surface area contributed by atoms with E-state index in [0.29, 0.717) is 11.3 Å². The number of hydrogen-bond acceptors (Lipinski definition) is 6. The molecular formula is C16H12N4O6. The maximum atomic E-state index is 11.6. The van der Waals surface area contributed by atoms with Crippen LogP contribution in [0.2, 0.25) is 0 Å². The molecule has 0 aliphatic rings. The molecule has 0 amide bonds. The van der Waals surface area contributed by atoms with E-state index >= 15 is 0 Å². The normalized spacial score (nSPS) is 10.6. The molecule has 0 bridgehead atoms. The number of fused-ring (bicyclic) bond motifs is 1. The molecule has 0 unspecified atom stereocenters. The number of rotatable bonds is 5. The first kappa shape index (κ1) is 16.9. The molecule has 2 aromatic carbocycles. The molecule has 0 fully saturated rings. The second-order valence-corrected chi connectivity index (χ2v) is 5.43. The van der Waals surface area contributed by atoms with Gasteiger partial charge in [-0.3, -0.25) is 19.7 Å². The third-order valence-electron chi connectivity index (χ3n) is 3.72. The lowest BCUT2D eigenvalue weighted by atomic mass is 10.1. The number of carboxylic acid groups (broad SMARTS) is 1. The van der Waals surface area contributed by atoms with E-state index in [2.05, 4.69) is 15.3 Å². The number of non-ortho nitro benzene ring substituents is 1. The fraction of sp³-hybridized carbons (Fsp3) is 0.0625. The lowest BCUT2D eigenvalue weighted by molar-refractivity contribution is -0.384. The number of nitro groups is 1. The Morgan fingerprint density at radius 3 is 2.38 bits per heavy atom. The number of hydrogen-bond donors (Lipinski definition) is 4. The summed E-state index contributed by atoms with van der Waals surface area (Å²) in [4.78, 5) is 49.1. The van der Waals surface area contributed by atoms with E-state index in [1.807, 2.05) is 0 Å². The molecule has 10 nitrogen and oxygen atoms in total. The van der Waals surface area contributed by atoms with E-state index in [4.69, 9.17) is 5.11 Å². The molecule has 0 saturated carbocycles. The van der Waals surface area contributed by atoms with Gasteiger partial charge in [0.1, 0.15) is 0 Å². The third kappa shape index (κ3) is 3.29. The van der Waals surface area contributed by atoms with Crippen molar-refractivity contribution in [3.8, 4) is 0 Å². The Labute approximate surface area is 144 Å². The number of aromatic carboxylic acids is 1. The summed E-state index contributed by atoms with van der Waals surface area (Å²) in [5.74, 6) is -1.05. The molecule has 0 saturated heterocycles. The van der Waals surface area contributed by atoms with Gasteiger partial charge in [-0.2, -0.15) is 0 Å². The third-order valence-corrected chi connectivity index (χ3v) is 3.72. The fourth-order valence-electron chi connectivity index (χ4n) is 2.45. The smallest absolute Gasteiger partial charge is 0.335 e. The largest absolute Gasteiger partial charge is 0.478 e. The van der Waals surface area contributed by atoms with Crippen molar-refractivity contribution in [2.45, 2.75) is 6.54 Å². The molecule has 0 spiro atoms. The van der Waals surface area contributed by atoms with Gasteiger partial charge in [0.05, 0.1) is 21.5 Å². The Bertz CT molecular complexity index is 1130. The van der Waals surface area contributed by atoms with E-state index in [0.717, 1.165) is 6.07 Å². The summed E-state index contributed by atoms with van der Waals surface area (Å²) in [5, 5.41) is 23.0. The van der Waals surface area contributed by atoms with Crippen LogP contribution in [0.15, 0.2) is 46.0 Å². The highest BCUT2D eigenvalue weighted by Gasteiger charge is 2.14. The first-order valence-corrected chi connectivity index (χ1v) is 7.36. The number of carboxylic acids is 1. The monoisotopic (exact) mass is 356 g/mol. The van der Waals surface area contributed by atoms with Gasteiger partial charge in [-0.05, 0) is 24.3 Å². The van der Waals surface area contributed by atoms with Crippen LogP contribution in [0.4, 0.5) is 11.4 Å². The highest BCUT2D eigenvalue weighted by Crippen LogP contribution is 2.22. The molecule has 10 heteroatoms. The van der Waals surface area contributed by atoms with E-state index in [9.17, 15) is 24.5 Å². The lowest BCUT2D eigenvalue weighted by Crippen LogP contribution is -2.29. The van der Waals surface area contributed by atoms with Gasteiger partial charge in [0, 0.05) is 29.9 Å². The zero-order valence-corrected chi connectivity index (χ0v) is 13.1. The van der Waals surface area contributed by atoms with Crippen molar-refractivity contribution in [2.24, 2.45) is 0 Å². The molecule has 3 rings (SSSR count). The Kier molecular flexibility index (Phi) is 4.23. The number of nitrogens with one attached hydrogen (secondary N) is 3. The zero-order valence-electron chi connectivity index (χ0n) is 13.1. The van der Waals surface area contributed by atoms with Crippen LogP contribution in [0.25, 0.3) is 11.0 Å². The number of aromatic nitrogens is 2. The summed E-state index contributed by atoms with van der Waals surface area (Å²) < 4.78 is 0. The first-order chi connectivity index (χ1) is 12.3. The molecule has 4 N–H and O–H groups in total. The molecule has 0 atom stereocenters. The first-order valence-electron chi connectivity index (χ1n) is 7.36. The summed E-state index contributed by atoms with van der Waals surface area (Å²) in [6, 6.07) is 8.37. The summed E-state index contributed by atoms with van der Waals surface area (Å²) in [6.07, 6.45) is 0. The predicted molar refractivity (Wildman–Crippen MR) is 92.6 cm³/mol. The van der Waals surface area contributed by atoms with Crippen LogP contribution in [0, 0.1) is 10.1 Å². The van der Waals surface area contributed by atoms with Crippen LogP contribution < -0.4 is 16.4 Å². The van der Waals surface area contributed by atoms with Crippen LogP contribution in [0.1, 0.15) is 15.9 Å². The SMILES string of the molecule is O=C(O)c1ccc(NCc2cc([N+](=O)[O-])cc3[nH]c(=O)c(=O)[nH]c23)cc1. The number of nitro benzene ring substituents is 1. The Morgan fingerprint density at radius 2 is 1.77 bits per heavy atom. The zero-order chi connectivity index (χ0) is 18.8. The molecule has 1 heterocycles. The van der Waals surface area contributed by atoms with Crippen molar-refractivity contribution in [1.29, 1.82) is 0 Å². The summed E-state index contributed by atoms with van der Waals surface area (Å²) in [6.45, 7) is 0.104. The van der Waals surface area contributed by atoms with Gasteiger partial charge in [0.25, 0.3) is 5.69 Å². The van der Waals surface area contributed by atoms with E-state index in [1.165, 1.54) is 18.2 Å². The minimum atomic E-state index is -1.05. The molecule has 3 aromatic rings. The average molecular weight is 356 g/mol. The number of benzene rings is 2. The number of H-pyrrole nitrogens is 2. The Hall–Kier alpha value is -3.95. The Balaban J connectivity index is 1.98. The van der Waals surface area contributed by atoms with E-state index in [1.54, 1.807) is 12.1 Å². The summed E-state index contributed by atoms with van der Waals surface area (Å²) in [7, 11) is 0. The number of anilines is 1. The Morgan fingerprint density at radius 1 is 1.12 bits per heavy atom. The highest BCUT2D eigenvalue weighted by atomic mass is 16.6. The molecule has 132 valence electrons. The standard InChI is InChI=1S/C16H12N4O6/c21-14-15(22)19-13-9(5-11(20(25)26)6-12(13)18-14)7-17-10-3-1-8(2-4-10)16(23)24/h1-6,17H,7H2,(H,18,21)(H,19,22)(H,23,24). The van der Waals surface area contributed by atoms with Crippen molar-refractivity contribution in [3.63, 3.8) is 0 Å².